The molecule has 0 bridgehead atoms. The maximum absolute atomic E-state index is 6.10. The highest BCUT2D eigenvalue weighted by Crippen LogP contribution is 2.37. The van der Waals surface area contributed by atoms with Crippen LogP contribution in [0.3, 0.4) is 0 Å². The lowest BCUT2D eigenvalue weighted by Crippen LogP contribution is -2.41. The summed E-state index contributed by atoms with van der Waals surface area (Å²) in [6, 6.07) is 8.26. The van der Waals surface area contributed by atoms with E-state index in [0.717, 1.165) is 5.46 Å². The average Bonchev–Trinajstić information content (AvgIpc) is 2.48. The van der Waals surface area contributed by atoms with Gasteiger partial charge in [-0.25, -0.2) is 0 Å². The van der Waals surface area contributed by atoms with Crippen LogP contribution in [0.2, 0.25) is 0 Å². The highest BCUT2D eigenvalue weighted by atomic mass is 79.9. The van der Waals surface area contributed by atoms with Crippen LogP contribution in [0.1, 0.15) is 45.0 Å². The molecule has 1 unspecified atom stereocenters. The Morgan fingerprint density at radius 2 is 1.56 bits per heavy atom. The molecule has 1 fully saturated rings. The number of rotatable bonds is 2. The van der Waals surface area contributed by atoms with E-state index < -0.39 is 0 Å². The molecule has 1 heterocycles. The van der Waals surface area contributed by atoms with Gasteiger partial charge >= 0.3 is 7.12 Å². The Kier molecular flexibility index (Phi) is 3.65. The van der Waals surface area contributed by atoms with E-state index in [2.05, 4.69) is 62.7 Å². The standard InChI is InChI=1S/C14H20BBrO2/c1-10(16)11-8-6-7-9-12(11)15-17-13(2,3)14(4,5)18-15/h6-10H,1-5H3. The number of hydrogen-bond acceptors (Lipinski definition) is 2. The van der Waals surface area contributed by atoms with Gasteiger partial charge in [-0.1, -0.05) is 40.2 Å². The predicted molar refractivity (Wildman–Crippen MR) is 79.5 cm³/mol. The monoisotopic (exact) mass is 310 g/mol. The molecular formula is C14H20BBrO2. The second-order valence-corrected chi connectivity index (χ2v) is 7.21. The molecule has 2 nitrogen and oxygen atoms in total. The molecule has 1 aliphatic rings. The Labute approximate surface area is 118 Å². The van der Waals surface area contributed by atoms with Crippen molar-refractivity contribution in [3.8, 4) is 0 Å². The molecule has 1 saturated heterocycles. The van der Waals surface area contributed by atoms with E-state index in [1.807, 2.05) is 12.1 Å². The number of hydrogen-bond donors (Lipinski definition) is 0. The van der Waals surface area contributed by atoms with Crippen molar-refractivity contribution in [3.05, 3.63) is 29.8 Å². The van der Waals surface area contributed by atoms with Gasteiger partial charge in [0.1, 0.15) is 0 Å². The Balaban J connectivity index is 2.35. The fourth-order valence-electron chi connectivity index (χ4n) is 2.06. The van der Waals surface area contributed by atoms with Crippen molar-refractivity contribution in [3.63, 3.8) is 0 Å². The van der Waals surface area contributed by atoms with Gasteiger partial charge in [0.2, 0.25) is 0 Å². The summed E-state index contributed by atoms with van der Waals surface area (Å²) in [4.78, 5) is 0.285. The topological polar surface area (TPSA) is 18.5 Å². The number of alkyl halides is 1. The van der Waals surface area contributed by atoms with Gasteiger partial charge in [-0.2, -0.15) is 0 Å². The molecular weight excluding hydrogens is 291 g/mol. The van der Waals surface area contributed by atoms with Crippen molar-refractivity contribution in [1.29, 1.82) is 0 Å². The smallest absolute Gasteiger partial charge is 0.399 e. The molecule has 0 aromatic heterocycles. The minimum absolute atomic E-state index is 0.285. The molecule has 0 spiro atoms. The van der Waals surface area contributed by atoms with Crippen LogP contribution in [0.15, 0.2) is 24.3 Å². The van der Waals surface area contributed by atoms with Gasteiger partial charge in [-0.3, -0.25) is 0 Å². The average molecular weight is 311 g/mol. The van der Waals surface area contributed by atoms with Gasteiger partial charge in [-0.05, 0) is 45.6 Å². The highest BCUT2D eigenvalue weighted by molar-refractivity contribution is 9.09. The molecule has 1 aromatic rings. The van der Waals surface area contributed by atoms with E-state index >= 15 is 0 Å². The first-order chi connectivity index (χ1) is 8.24. The largest absolute Gasteiger partial charge is 0.495 e. The van der Waals surface area contributed by atoms with Crippen LogP contribution in [0, 0.1) is 0 Å². The normalized spacial score (nSPS) is 23.1. The third-order valence-electron chi connectivity index (χ3n) is 3.93. The summed E-state index contributed by atoms with van der Waals surface area (Å²) >= 11 is 3.63. The van der Waals surface area contributed by atoms with Crippen molar-refractivity contribution >= 4 is 28.5 Å². The SMILES string of the molecule is CC(Br)c1ccccc1B1OC(C)(C)C(C)(C)O1. The maximum Gasteiger partial charge on any atom is 0.495 e. The van der Waals surface area contributed by atoms with Gasteiger partial charge < -0.3 is 9.31 Å². The first-order valence-corrected chi connectivity index (χ1v) is 7.25. The van der Waals surface area contributed by atoms with E-state index in [-0.39, 0.29) is 23.1 Å². The highest BCUT2D eigenvalue weighted by Gasteiger charge is 2.52. The second-order valence-electron chi connectivity index (χ2n) is 5.83. The third kappa shape index (κ3) is 2.38. The van der Waals surface area contributed by atoms with Crippen molar-refractivity contribution in [2.24, 2.45) is 0 Å². The molecule has 18 heavy (non-hydrogen) atoms. The van der Waals surface area contributed by atoms with Gasteiger partial charge in [0, 0.05) is 4.83 Å². The molecule has 2 rings (SSSR count). The van der Waals surface area contributed by atoms with Crippen molar-refractivity contribution in [1.82, 2.24) is 0 Å². The van der Waals surface area contributed by atoms with Crippen LogP contribution >= 0.6 is 15.9 Å². The van der Waals surface area contributed by atoms with Crippen molar-refractivity contribution in [2.75, 3.05) is 0 Å². The lowest BCUT2D eigenvalue weighted by Gasteiger charge is -2.32. The van der Waals surface area contributed by atoms with Crippen molar-refractivity contribution < 1.29 is 9.31 Å². The Morgan fingerprint density at radius 3 is 2.06 bits per heavy atom. The predicted octanol–water partition coefficient (Wildman–Crippen LogP) is 3.44. The fraction of sp³-hybridized carbons (Fsp3) is 0.571. The lowest BCUT2D eigenvalue weighted by atomic mass is 9.75. The van der Waals surface area contributed by atoms with E-state index in [1.165, 1.54) is 5.56 Å². The summed E-state index contributed by atoms with van der Waals surface area (Å²) < 4.78 is 12.2. The summed E-state index contributed by atoms with van der Waals surface area (Å²) in [5.74, 6) is 0. The summed E-state index contributed by atoms with van der Waals surface area (Å²) in [7, 11) is -0.286. The van der Waals surface area contributed by atoms with E-state index in [9.17, 15) is 0 Å². The number of halogens is 1. The van der Waals surface area contributed by atoms with Gasteiger partial charge in [0.05, 0.1) is 11.2 Å². The first-order valence-electron chi connectivity index (χ1n) is 6.33. The van der Waals surface area contributed by atoms with Crippen LogP contribution in [-0.4, -0.2) is 18.3 Å². The van der Waals surface area contributed by atoms with Crippen LogP contribution in [0.25, 0.3) is 0 Å². The maximum atomic E-state index is 6.10. The Morgan fingerprint density at radius 1 is 1.06 bits per heavy atom. The summed E-state index contributed by atoms with van der Waals surface area (Å²) in [6.07, 6.45) is 0. The van der Waals surface area contributed by atoms with Crippen molar-refractivity contribution in [2.45, 2.75) is 50.6 Å². The van der Waals surface area contributed by atoms with Crippen LogP contribution < -0.4 is 5.46 Å². The third-order valence-corrected chi connectivity index (χ3v) is 4.42. The zero-order valence-corrected chi connectivity index (χ0v) is 13.2. The zero-order chi connectivity index (χ0) is 13.6. The molecule has 0 amide bonds. The molecule has 98 valence electrons. The van der Waals surface area contributed by atoms with Crippen LogP contribution in [-0.2, 0) is 9.31 Å². The lowest BCUT2D eigenvalue weighted by molar-refractivity contribution is 0.00578. The molecule has 0 radical (unpaired) electrons. The Bertz CT molecular complexity index is 427. The molecule has 4 heteroatoms. The summed E-state index contributed by atoms with van der Waals surface area (Å²) in [5.41, 5.74) is 1.75. The molecule has 0 saturated carbocycles. The van der Waals surface area contributed by atoms with Crippen LogP contribution in [0.4, 0.5) is 0 Å². The zero-order valence-electron chi connectivity index (χ0n) is 11.7. The number of benzene rings is 1. The van der Waals surface area contributed by atoms with Gasteiger partial charge in [-0.15, -0.1) is 0 Å². The first kappa shape index (κ1) is 14.1. The molecule has 1 aromatic carbocycles. The molecule has 1 atom stereocenters. The minimum Gasteiger partial charge on any atom is -0.399 e. The minimum atomic E-state index is -0.291. The quantitative estimate of drug-likeness (QED) is 0.615. The van der Waals surface area contributed by atoms with E-state index in [1.54, 1.807) is 0 Å². The summed E-state index contributed by atoms with van der Waals surface area (Å²) in [5, 5.41) is 0. The Hall–Kier alpha value is -0.315. The second kappa shape index (κ2) is 4.66. The van der Waals surface area contributed by atoms with E-state index in [4.69, 9.17) is 9.31 Å². The van der Waals surface area contributed by atoms with Gasteiger partial charge in [0.25, 0.3) is 0 Å². The van der Waals surface area contributed by atoms with Crippen LogP contribution in [0.5, 0.6) is 0 Å². The van der Waals surface area contributed by atoms with E-state index in [0.29, 0.717) is 0 Å². The molecule has 0 aliphatic carbocycles. The van der Waals surface area contributed by atoms with Gasteiger partial charge in [0.15, 0.2) is 0 Å². The molecule has 0 N–H and O–H groups in total. The molecule has 1 aliphatic heterocycles. The fourth-order valence-corrected chi connectivity index (χ4v) is 2.47. The summed E-state index contributed by atoms with van der Waals surface area (Å²) in [6.45, 7) is 10.4.